The van der Waals surface area contributed by atoms with Gasteiger partial charge in [-0.25, -0.2) is 14.3 Å². The van der Waals surface area contributed by atoms with Crippen LogP contribution in [-0.2, 0) is 17.9 Å². The minimum absolute atomic E-state index is 0.0817. The molecule has 0 spiro atoms. The first-order chi connectivity index (χ1) is 11.5. The van der Waals surface area contributed by atoms with Gasteiger partial charge in [0.15, 0.2) is 5.16 Å². The molecule has 2 rings (SSSR count). The Labute approximate surface area is 144 Å². The summed E-state index contributed by atoms with van der Waals surface area (Å²) in [6, 6.07) is 6.06. The molecule has 1 aromatic carbocycles. The summed E-state index contributed by atoms with van der Waals surface area (Å²) < 4.78 is 14.5. The van der Waals surface area contributed by atoms with E-state index in [4.69, 9.17) is 0 Å². The van der Waals surface area contributed by atoms with E-state index in [9.17, 15) is 14.0 Å². The van der Waals surface area contributed by atoms with Crippen LogP contribution in [0.1, 0.15) is 25.3 Å². The molecule has 0 atom stereocenters. The molecular formula is C16H21FN4O2S. The summed E-state index contributed by atoms with van der Waals surface area (Å²) in [5, 5.41) is 6.92. The number of hydrogen-bond acceptors (Lipinski definition) is 4. The summed E-state index contributed by atoms with van der Waals surface area (Å²) in [4.78, 5) is 25.5. The van der Waals surface area contributed by atoms with Crippen LogP contribution < -0.4 is 5.69 Å². The first-order valence-corrected chi connectivity index (χ1v) is 8.76. The molecule has 0 bridgehead atoms. The Morgan fingerprint density at radius 1 is 1.38 bits per heavy atom. The van der Waals surface area contributed by atoms with Gasteiger partial charge in [0.05, 0.1) is 5.75 Å². The van der Waals surface area contributed by atoms with Crippen LogP contribution in [0.3, 0.4) is 0 Å². The number of benzene rings is 1. The number of thioether (sulfide) groups is 1. The average Bonchev–Trinajstić information content (AvgIpc) is 2.92. The predicted molar refractivity (Wildman–Crippen MR) is 91.4 cm³/mol. The minimum Gasteiger partial charge on any atom is -0.341 e. The molecule has 130 valence electrons. The van der Waals surface area contributed by atoms with Gasteiger partial charge in [0, 0.05) is 20.1 Å². The molecule has 0 unspecified atom stereocenters. The average molecular weight is 352 g/mol. The first kappa shape index (κ1) is 18.3. The molecule has 6 nitrogen and oxygen atoms in total. The lowest BCUT2D eigenvalue weighted by molar-refractivity contribution is -0.127. The van der Waals surface area contributed by atoms with E-state index in [1.54, 1.807) is 28.6 Å². The maximum atomic E-state index is 12.9. The third kappa shape index (κ3) is 4.95. The Kier molecular flexibility index (Phi) is 6.60. The normalized spacial score (nSPS) is 10.8. The molecule has 0 radical (unpaired) electrons. The SMILES string of the molecule is CCCCn1c(SCC(=O)N(C)Cc2ccc(F)cc2)n[nH]c1=O. The van der Waals surface area contributed by atoms with Crippen LogP contribution in [0, 0.1) is 5.82 Å². The number of unbranched alkanes of at least 4 members (excludes halogenated alkanes) is 1. The Balaban J connectivity index is 1.90. The van der Waals surface area contributed by atoms with Crippen molar-refractivity contribution in [2.24, 2.45) is 0 Å². The van der Waals surface area contributed by atoms with Gasteiger partial charge in [-0.15, -0.1) is 5.10 Å². The molecule has 0 fully saturated rings. The van der Waals surface area contributed by atoms with E-state index < -0.39 is 0 Å². The van der Waals surface area contributed by atoms with E-state index in [1.165, 1.54) is 23.9 Å². The number of carbonyl (C=O) groups excluding carboxylic acids is 1. The van der Waals surface area contributed by atoms with Gasteiger partial charge in [-0.05, 0) is 24.1 Å². The van der Waals surface area contributed by atoms with E-state index in [0.717, 1.165) is 18.4 Å². The number of hydrogen-bond donors (Lipinski definition) is 1. The Hall–Kier alpha value is -2.09. The topological polar surface area (TPSA) is 71.0 Å². The maximum absolute atomic E-state index is 12.9. The van der Waals surface area contributed by atoms with Crippen LogP contribution in [-0.4, -0.2) is 38.4 Å². The third-order valence-electron chi connectivity index (χ3n) is 3.54. The van der Waals surface area contributed by atoms with E-state index in [0.29, 0.717) is 18.2 Å². The number of rotatable bonds is 8. The molecule has 1 N–H and O–H groups in total. The van der Waals surface area contributed by atoms with Crippen molar-refractivity contribution in [1.82, 2.24) is 19.7 Å². The summed E-state index contributed by atoms with van der Waals surface area (Å²) in [6.07, 6.45) is 1.85. The number of aromatic amines is 1. The molecule has 0 aliphatic heterocycles. The van der Waals surface area contributed by atoms with Gasteiger partial charge in [0.1, 0.15) is 5.82 Å². The molecule has 0 saturated heterocycles. The molecule has 2 aromatic rings. The van der Waals surface area contributed by atoms with Crippen LogP contribution in [0.15, 0.2) is 34.2 Å². The summed E-state index contributed by atoms with van der Waals surface area (Å²) in [7, 11) is 1.70. The summed E-state index contributed by atoms with van der Waals surface area (Å²) in [5.74, 6) is -0.192. The van der Waals surface area contributed by atoms with Crippen LogP contribution in [0.4, 0.5) is 4.39 Å². The van der Waals surface area contributed by atoms with E-state index in [-0.39, 0.29) is 23.2 Å². The van der Waals surface area contributed by atoms with Gasteiger partial charge in [0.2, 0.25) is 5.91 Å². The van der Waals surface area contributed by atoms with Crippen molar-refractivity contribution in [2.45, 2.75) is 38.0 Å². The zero-order valence-electron chi connectivity index (χ0n) is 13.8. The molecular weight excluding hydrogens is 331 g/mol. The number of carbonyl (C=O) groups is 1. The molecule has 1 heterocycles. The van der Waals surface area contributed by atoms with Crippen LogP contribution >= 0.6 is 11.8 Å². The zero-order valence-corrected chi connectivity index (χ0v) is 14.6. The van der Waals surface area contributed by atoms with Gasteiger partial charge in [-0.2, -0.15) is 0 Å². The van der Waals surface area contributed by atoms with Gasteiger partial charge in [0.25, 0.3) is 0 Å². The second-order valence-electron chi connectivity index (χ2n) is 5.48. The smallest absolute Gasteiger partial charge is 0.341 e. The van der Waals surface area contributed by atoms with Crippen molar-refractivity contribution in [1.29, 1.82) is 0 Å². The lowest BCUT2D eigenvalue weighted by Gasteiger charge is -2.17. The number of nitrogens with one attached hydrogen (secondary N) is 1. The minimum atomic E-state index is -0.299. The highest BCUT2D eigenvalue weighted by Crippen LogP contribution is 2.15. The second kappa shape index (κ2) is 8.68. The molecule has 1 aromatic heterocycles. The van der Waals surface area contributed by atoms with E-state index in [2.05, 4.69) is 10.2 Å². The fraction of sp³-hybridized carbons (Fsp3) is 0.438. The number of H-pyrrole nitrogens is 1. The summed E-state index contributed by atoms with van der Waals surface area (Å²) in [6.45, 7) is 3.04. The third-order valence-corrected chi connectivity index (χ3v) is 4.50. The highest BCUT2D eigenvalue weighted by atomic mass is 32.2. The Morgan fingerprint density at radius 2 is 2.08 bits per heavy atom. The highest BCUT2D eigenvalue weighted by Gasteiger charge is 2.14. The number of amides is 1. The van der Waals surface area contributed by atoms with Crippen LogP contribution in [0.2, 0.25) is 0 Å². The molecule has 8 heteroatoms. The molecule has 0 aliphatic carbocycles. The van der Waals surface area contributed by atoms with Crippen LogP contribution in [0.25, 0.3) is 0 Å². The summed E-state index contributed by atoms with van der Waals surface area (Å²) >= 11 is 1.24. The first-order valence-electron chi connectivity index (χ1n) is 7.77. The maximum Gasteiger partial charge on any atom is 0.343 e. The Morgan fingerprint density at radius 3 is 2.75 bits per heavy atom. The quantitative estimate of drug-likeness (QED) is 0.740. The van der Waals surface area contributed by atoms with Crippen molar-refractivity contribution in [3.05, 3.63) is 46.1 Å². The van der Waals surface area contributed by atoms with Gasteiger partial charge < -0.3 is 4.90 Å². The molecule has 24 heavy (non-hydrogen) atoms. The van der Waals surface area contributed by atoms with Crippen molar-refractivity contribution in [3.8, 4) is 0 Å². The standard InChI is InChI=1S/C16H21FN4O2S/c1-3-4-9-21-15(23)18-19-16(21)24-11-14(22)20(2)10-12-5-7-13(17)8-6-12/h5-8H,3-4,9-11H2,1-2H3,(H,18,23). The van der Waals surface area contributed by atoms with E-state index in [1.807, 2.05) is 6.92 Å². The fourth-order valence-corrected chi connectivity index (χ4v) is 3.03. The van der Waals surface area contributed by atoms with Gasteiger partial charge in [-0.3, -0.25) is 9.36 Å². The van der Waals surface area contributed by atoms with Crippen molar-refractivity contribution >= 4 is 17.7 Å². The predicted octanol–water partition coefficient (Wildman–Crippen LogP) is 2.26. The Bertz CT molecular complexity index is 726. The largest absolute Gasteiger partial charge is 0.343 e. The second-order valence-corrected chi connectivity index (χ2v) is 6.42. The van der Waals surface area contributed by atoms with Crippen molar-refractivity contribution in [3.63, 3.8) is 0 Å². The number of halogens is 1. The molecule has 0 saturated carbocycles. The van der Waals surface area contributed by atoms with E-state index >= 15 is 0 Å². The molecule has 1 amide bonds. The lowest BCUT2D eigenvalue weighted by atomic mass is 10.2. The lowest BCUT2D eigenvalue weighted by Crippen LogP contribution is -2.28. The van der Waals surface area contributed by atoms with Crippen LogP contribution in [0.5, 0.6) is 0 Å². The monoisotopic (exact) mass is 352 g/mol. The van der Waals surface area contributed by atoms with Gasteiger partial charge in [-0.1, -0.05) is 37.2 Å². The molecule has 0 aliphatic rings. The van der Waals surface area contributed by atoms with Crippen molar-refractivity contribution < 1.29 is 9.18 Å². The van der Waals surface area contributed by atoms with Crippen molar-refractivity contribution in [2.75, 3.05) is 12.8 Å². The highest BCUT2D eigenvalue weighted by molar-refractivity contribution is 7.99. The summed E-state index contributed by atoms with van der Waals surface area (Å²) in [5.41, 5.74) is 0.606. The number of nitrogens with zero attached hydrogens (tertiary/aromatic N) is 3. The fourth-order valence-electron chi connectivity index (χ4n) is 2.12. The zero-order chi connectivity index (χ0) is 17.5. The van der Waals surface area contributed by atoms with Gasteiger partial charge >= 0.3 is 5.69 Å². The number of aromatic nitrogens is 3.